The molecule has 0 amide bonds. The van der Waals surface area contributed by atoms with E-state index in [1.54, 1.807) is 0 Å². The van der Waals surface area contributed by atoms with Gasteiger partial charge in [0.15, 0.2) is 0 Å². The van der Waals surface area contributed by atoms with Gasteiger partial charge < -0.3 is 14.5 Å². The maximum Gasteiger partial charge on any atom is 0.137 e. The molecular weight excluding hydrogens is 747 g/mol. The van der Waals surface area contributed by atoms with Crippen molar-refractivity contribution in [3.63, 3.8) is 0 Å². The lowest BCUT2D eigenvalue weighted by Crippen LogP contribution is -2.25. The fourth-order valence-electron chi connectivity index (χ4n) is 8.45. The number of aromatic nitrogens is 2. The van der Waals surface area contributed by atoms with Crippen molar-refractivity contribution in [3.05, 3.63) is 168 Å². The number of nitrogens with zero attached hydrogens (tertiary/aromatic N) is 5. The normalized spacial score (nSPS) is 13.2. The van der Waals surface area contributed by atoms with Crippen LogP contribution in [0.25, 0.3) is 38.8 Å². The Bertz CT molecular complexity index is 2990. The standard InChI is InChI=1S/C55H53N5O/c1-53(2,3)38-24-25-57-52(30-38)60-47-21-11-10-20-44(47)46-32-45(37-17-14-16-36(26-37)34-56)51(33-50(46)60)61-43-19-15-18-41(31-43)58-35-59(49-23-13-12-22-48(49)58)42-28-39(54(4,5)6)27-40(29-42)55(7,8)9/h10-33H,35H2,1-9H3. The topological polar surface area (TPSA) is 57.3 Å². The van der Waals surface area contributed by atoms with Crippen LogP contribution in [0.15, 0.2) is 146 Å². The van der Waals surface area contributed by atoms with Crippen molar-refractivity contribution < 1.29 is 4.74 Å². The van der Waals surface area contributed by atoms with E-state index in [0.717, 1.165) is 50.1 Å². The second-order valence-corrected chi connectivity index (χ2v) is 19.4. The predicted molar refractivity (Wildman–Crippen MR) is 253 cm³/mol. The molecule has 3 heterocycles. The first-order chi connectivity index (χ1) is 29.1. The molecule has 304 valence electrons. The summed E-state index contributed by atoms with van der Waals surface area (Å²) in [6, 6.07) is 51.4. The van der Waals surface area contributed by atoms with Crippen LogP contribution in [0.5, 0.6) is 11.5 Å². The highest BCUT2D eigenvalue weighted by Gasteiger charge is 2.31. The highest BCUT2D eigenvalue weighted by molar-refractivity contribution is 6.11. The van der Waals surface area contributed by atoms with Crippen LogP contribution < -0.4 is 14.5 Å². The minimum Gasteiger partial charge on any atom is -0.457 e. The van der Waals surface area contributed by atoms with Crippen LogP contribution >= 0.6 is 0 Å². The number of benzene rings is 6. The van der Waals surface area contributed by atoms with E-state index in [2.05, 4.69) is 192 Å². The van der Waals surface area contributed by atoms with Gasteiger partial charge >= 0.3 is 0 Å². The van der Waals surface area contributed by atoms with E-state index in [0.29, 0.717) is 23.7 Å². The van der Waals surface area contributed by atoms with E-state index in [1.165, 1.54) is 28.1 Å². The Balaban J connectivity index is 1.17. The van der Waals surface area contributed by atoms with Crippen molar-refractivity contribution in [2.24, 2.45) is 0 Å². The molecule has 0 radical (unpaired) electrons. The maximum atomic E-state index is 9.93. The maximum absolute atomic E-state index is 9.93. The summed E-state index contributed by atoms with van der Waals surface area (Å²) in [6.07, 6.45) is 1.91. The van der Waals surface area contributed by atoms with Gasteiger partial charge in [0.1, 0.15) is 24.0 Å². The Labute approximate surface area is 360 Å². The number of rotatable bonds is 6. The molecule has 2 aromatic heterocycles. The van der Waals surface area contributed by atoms with Gasteiger partial charge in [-0.15, -0.1) is 0 Å². The fourth-order valence-corrected chi connectivity index (χ4v) is 8.45. The summed E-state index contributed by atoms with van der Waals surface area (Å²) in [5.41, 5.74) is 12.8. The first-order valence-electron chi connectivity index (χ1n) is 21.2. The van der Waals surface area contributed by atoms with Gasteiger partial charge in [0.2, 0.25) is 0 Å². The summed E-state index contributed by atoms with van der Waals surface area (Å²) in [5.74, 6) is 2.25. The van der Waals surface area contributed by atoms with Gasteiger partial charge in [-0.3, -0.25) is 4.57 Å². The first-order valence-corrected chi connectivity index (χ1v) is 21.2. The number of ether oxygens (including phenoxy) is 1. The van der Waals surface area contributed by atoms with Crippen LogP contribution in [0.4, 0.5) is 22.7 Å². The van der Waals surface area contributed by atoms with Gasteiger partial charge in [0.25, 0.3) is 0 Å². The van der Waals surface area contributed by atoms with E-state index in [9.17, 15) is 5.26 Å². The van der Waals surface area contributed by atoms with Crippen molar-refractivity contribution in [2.45, 2.75) is 78.6 Å². The first kappa shape index (κ1) is 39.6. The summed E-state index contributed by atoms with van der Waals surface area (Å²) in [4.78, 5) is 9.73. The van der Waals surface area contributed by atoms with E-state index in [1.807, 2.05) is 36.5 Å². The molecule has 0 saturated carbocycles. The van der Waals surface area contributed by atoms with E-state index in [-0.39, 0.29) is 16.2 Å². The van der Waals surface area contributed by atoms with Gasteiger partial charge in [0, 0.05) is 46.0 Å². The van der Waals surface area contributed by atoms with Crippen molar-refractivity contribution in [2.75, 3.05) is 16.5 Å². The summed E-state index contributed by atoms with van der Waals surface area (Å²) in [5, 5.41) is 12.1. The van der Waals surface area contributed by atoms with E-state index < -0.39 is 0 Å². The van der Waals surface area contributed by atoms with Gasteiger partial charge in [0.05, 0.1) is 34.0 Å². The monoisotopic (exact) mass is 799 g/mol. The van der Waals surface area contributed by atoms with Crippen LogP contribution in [-0.2, 0) is 16.2 Å². The largest absolute Gasteiger partial charge is 0.457 e. The molecule has 8 aromatic rings. The molecule has 0 atom stereocenters. The van der Waals surface area contributed by atoms with Gasteiger partial charge in [-0.25, -0.2) is 4.98 Å². The van der Waals surface area contributed by atoms with Crippen LogP contribution in [0.1, 0.15) is 84.6 Å². The molecule has 0 spiro atoms. The number of anilines is 4. The lowest BCUT2D eigenvalue weighted by Gasteiger charge is -2.29. The fraction of sp³-hybridized carbons (Fsp3) is 0.236. The Morgan fingerprint density at radius 1 is 0.557 bits per heavy atom. The van der Waals surface area contributed by atoms with Crippen molar-refractivity contribution >= 4 is 44.6 Å². The molecule has 6 nitrogen and oxygen atoms in total. The molecular formula is C55H53N5O. The van der Waals surface area contributed by atoms with Gasteiger partial charge in [-0.1, -0.05) is 117 Å². The summed E-state index contributed by atoms with van der Waals surface area (Å²) in [6.45, 7) is 21.1. The van der Waals surface area contributed by atoms with Crippen LogP contribution in [0.2, 0.25) is 0 Å². The molecule has 1 aliphatic rings. The third-order valence-electron chi connectivity index (χ3n) is 12.0. The highest BCUT2D eigenvalue weighted by Crippen LogP contribution is 2.47. The molecule has 0 unspecified atom stereocenters. The van der Waals surface area contributed by atoms with Crippen molar-refractivity contribution in [1.29, 1.82) is 5.26 Å². The molecule has 6 aromatic carbocycles. The van der Waals surface area contributed by atoms with Crippen LogP contribution in [0.3, 0.4) is 0 Å². The lowest BCUT2D eigenvalue weighted by molar-refractivity contribution is 0.485. The molecule has 0 saturated heterocycles. The number of nitriles is 1. The zero-order chi connectivity index (χ0) is 42.8. The lowest BCUT2D eigenvalue weighted by atomic mass is 9.80. The summed E-state index contributed by atoms with van der Waals surface area (Å²) < 4.78 is 9.30. The zero-order valence-electron chi connectivity index (χ0n) is 36.7. The minimum absolute atomic E-state index is 0.000258. The van der Waals surface area contributed by atoms with Crippen molar-refractivity contribution in [3.8, 4) is 34.5 Å². The quantitative estimate of drug-likeness (QED) is 0.168. The molecule has 61 heavy (non-hydrogen) atoms. The SMILES string of the molecule is CC(C)(C)c1cc(N2CN(c3cccc(Oc4cc5c(cc4-c4cccc(C#N)c4)c4ccccc4n5-c4cc(C(C)(C)C)ccn4)c3)c3ccccc32)cc(C(C)(C)C)c1. The second kappa shape index (κ2) is 14.7. The van der Waals surface area contributed by atoms with Gasteiger partial charge in [-0.2, -0.15) is 5.26 Å². The molecule has 0 bridgehead atoms. The predicted octanol–water partition coefficient (Wildman–Crippen LogP) is 14.6. The summed E-state index contributed by atoms with van der Waals surface area (Å²) in [7, 11) is 0. The Morgan fingerprint density at radius 3 is 1.90 bits per heavy atom. The third-order valence-corrected chi connectivity index (χ3v) is 12.0. The van der Waals surface area contributed by atoms with Crippen LogP contribution in [-0.4, -0.2) is 16.2 Å². The Morgan fingerprint density at radius 2 is 1.21 bits per heavy atom. The average molecular weight is 800 g/mol. The number of fused-ring (bicyclic) bond motifs is 4. The average Bonchev–Trinajstić information content (AvgIpc) is 3.78. The molecule has 0 fully saturated rings. The number of para-hydroxylation sites is 3. The summed E-state index contributed by atoms with van der Waals surface area (Å²) >= 11 is 0. The minimum atomic E-state index is -0.0482. The highest BCUT2D eigenvalue weighted by atomic mass is 16.5. The number of hydrogen-bond donors (Lipinski definition) is 0. The molecule has 1 aliphatic heterocycles. The Hall–Kier alpha value is -6.84. The van der Waals surface area contributed by atoms with Crippen LogP contribution in [0, 0.1) is 11.3 Å². The number of hydrogen-bond acceptors (Lipinski definition) is 5. The third kappa shape index (κ3) is 7.40. The molecule has 0 N–H and O–H groups in total. The van der Waals surface area contributed by atoms with E-state index >= 15 is 0 Å². The second-order valence-electron chi connectivity index (χ2n) is 19.4. The van der Waals surface area contributed by atoms with Gasteiger partial charge in [-0.05, 0) is 111 Å². The van der Waals surface area contributed by atoms with E-state index in [4.69, 9.17) is 9.72 Å². The zero-order valence-corrected chi connectivity index (χ0v) is 36.7. The molecule has 0 aliphatic carbocycles. The Kier molecular flexibility index (Phi) is 9.55. The number of pyridine rings is 1. The molecule has 6 heteroatoms. The smallest absolute Gasteiger partial charge is 0.137 e. The van der Waals surface area contributed by atoms with Crippen molar-refractivity contribution in [1.82, 2.24) is 9.55 Å². The molecule has 9 rings (SSSR count).